The molecule has 0 spiro atoms. The predicted octanol–water partition coefficient (Wildman–Crippen LogP) is 3.21. The Morgan fingerprint density at radius 3 is 2.65 bits per heavy atom. The highest BCUT2D eigenvalue weighted by Gasteiger charge is 2.06. The molecule has 0 aliphatic rings. The van der Waals surface area contributed by atoms with Crippen LogP contribution in [0.15, 0.2) is 48.8 Å². The first kappa shape index (κ1) is 11.9. The molecule has 0 bridgehead atoms. The van der Waals surface area contributed by atoms with Gasteiger partial charge in [-0.15, -0.1) is 0 Å². The molecular weight excluding hydrogens is 208 g/mol. The Hall–Kier alpha value is -1.54. The molecule has 0 unspecified atom stereocenters. The summed E-state index contributed by atoms with van der Waals surface area (Å²) in [6, 6.07) is 13.2. The Morgan fingerprint density at radius 1 is 1.18 bits per heavy atom. The third-order valence-electron chi connectivity index (χ3n) is 3.08. The molecule has 2 aromatic rings. The maximum absolute atomic E-state index is 3.34. The topological polar surface area (TPSA) is 17.0 Å². The molecule has 1 atom stereocenters. The van der Waals surface area contributed by atoms with Gasteiger partial charge in [-0.2, -0.15) is 0 Å². The Labute approximate surface area is 103 Å². The van der Waals surface area contributed by atoms with Crippen LogP contribution in [-0.2, 0) is 6.54 Å². The summed E-state index contributed by atoms with van der Waals surface area (Å²) >= 11 is 0. The molecule has 17 heavy (non-hydrogen) atoms. The van der Waals surface area contributed by atoms with E-state index >= 15 is 0 Å². The summed E-state index contributed by atoms with van der Waals surface area (Å²) in [5.74, 6) is 0. The Bertz CT molecular complexity index is 445. The van der Waals surface area contributed by atoms with Crippen LogP contribution in [0.2, 0.25) is 0 Å². The van der Waals surface area contributed by atoms with Gasteiger partial charge in [-0.3, -0.25) is 0 Å². The van der Waals surface area contributed by atoms with Crippen LogP contribution >= 0.6 is 0 Å². The van der Waals surface area contributed by atoms with Gasteiger partial charge in [-0.1, -0.05) is 37.3 Å². The van der Waals surface area contributed by atoms with E-state index in [1.807, 2.05) is 0 Å². The van der Waals surface area contributed by atoms with E-state index in [-0.39, 0.29) is 0 Å². The van der Waals surface area contributed by atoms with Crippen molar-refractivity contribution in [2.24, 2.45) is 0 Å². The second kappa shape index (κ2) is 5.69. The number of nitrogens with one attached hydrogen (secondary N) is 1. The highest BCUT2D eigenvalue weighted by Crippen LogP contribution is 2.18. The number of rotatable bonds is 5. The molecule has 1 aromatic carbocycles. The van der Waals surface area contributed by atoms with Crippen LogP contribution in [0.1, 0.15) is 31.0 Å². The standard InChI is InChI=1S/C15H20N2/c1-3-16-11-14-9-10-17(12-14)13(2)15-7-5-4-6-8-15/h4-10,12-13,16H,3,11H2,1-2H3/t13-/m0/s1. The molecule has 90 valence electrons. The van der Waals surface area contributed by atoms with E-state index in [4.69, 9.17) is 0 Å². The molecule has 0 amide bonds. The van der Waals surface area contributed by atoms with E-state index in [9.17, 15) is 0 Å². The SMILES string of the molecule is CCNCc1ccn([C@@H](C)c2ccccc2)c1. The fourth-order valence-electron chi connectivity index (χ4n) is 1.98. The summed E-state index contributed by atoms with van der Waals surface area (Å²) in [5.41, 5.74) is 2.69. The summed E-state index contributed by atoms with van der Waals surface area (Å²) < 4.78 is 2.27. The second-order valence-electron chi connectivity index (χ2n) is 4.33. The molecule has 0 fully saturated rings. The van der Waals surface area contributed by atoms with E-state index in [1.165, 1.54) is 11.1 Å². The van der Waals surface area contributed by atoms with Crippen molar-refractivity contribution in [2.45, 2.75) is 26.4 Å². The third-order valence-corrected chi connectivity index (χ3v) is 3.08. The minimum Gasteiger partial charge on any atom is -0.347 e. The molecule has 2 nitrogen and oxygen atoms in total. The molecule has 0 saturated carbocycles. The molecule has 2 rings (SSSR count). The number of benzene rings is 1. The van der Waals surface area contributed by atoms with Crippen molar-refractivity contribution in [1.29, 1.82) is 0 Å². The summed E-state index contributed by atoms with van der Waals surface area (Å²) in [7, 11) is 0. The lowest BCUT2D eigenvalue weighted by Crippen LogP contribution is -2.11. The summed E-state index contributed by atoms with van der Waals surface area (Å²) in [6.45, 7) is 6.32. The normalized spacial score (nSPS) is 12.6. The summed E-state index contributed by atoms with van der Waals surface area (Å²) in [6.07, 6.45) is 4.38. The fraction of sp³-hybridized carbons (Fsp3) is 0.333. The average Bonchev–Trinajstić information content (AvgIpc) is 2.85. The first-order valence-electron chi connectivity index (χ1n) is 6.23. The molecule has 1 aromatic heterocycles. The zero-order valence-corrected chi connectivity index (χ0v) is 10.6. The predicted molar refractivity (Wildman–Crippen MR) is 72.1 cm³/mol. The zero-order valence-electron chi connectivity index (χ0n) is 10.6. The number of nitrogens with zero attached hydrogens (tertiary/aromatic N) is 1. The van der Waals surface area contributed by atoms with Crippen molar-refractivity contribution in [3.63, 3.8) is 0 Å². The van der Waals surface area contributed by atoms with Gasteiger partial charge < -0.3 is 9.88 Å². The van der Waals surface area contributed by atoms with Crippen molar-refractivity contribution >= 4 is 0 Å². The van der Waals surface area contributed by atoms with Gasteiger partial charge in [0.05, 0.1) is 6.04 Å². The lowest BCUT2D eigenvalue weighted by Gasteiger charge is -2.13. The third kappa shape index (κ3) is 2.98. The minimum atomic E-state index is 0.395. The van der Waals surface area contributed by atoms with Crippen molar-refractivity contribution in [3.05, 3.63) is 59.9 Å². The van der Waals surface area contributed by atoms with Crippen LogP contribution in [0.3, 0.4) is 0 Å². The van der Waals surface area contributed by atoms with Gasteiger partial charge in [0.2, 0.25) is 0 Å². The lowest BCUT2D eigenvalue weighted by atomic mass is 10.1. The molecule has 1 heterocycles. The van der Waals surface area contributed by atoms with Gasteiger partial charge in [0.15, 0.2) is 0 Å². The Balaban J connectivity index is 2.09. The van der Waals surface area contributed by atoms with Crippen LogP contribution in [0.5, 0.6) is 0 Å². The number of hydrogen-bond donors (Lipinski definition) is 1. The maximum atomic E-state index is 3.34. The zero-order chi connectivity index (χ0) is 12.1. The highest BCUT2D eigenvalue weighted by atomic mass is 15.0. The summed E-state index contributed by atoms with van der Waals surface area (Å²) in [5, 5.41) is 3.34. The highest BCUT2D eigenvalue weighted by molar-refractivity contribution is 5.21. The summed E-state index contributed by atoms with van der Waals surface area (Å²) in [4.78, 5) is 0. The molecular formula is C15H20N2. The second-order valence-corrected chi connectivity index (χ2v) is 4.33. The van der Waals surface area contributed by atoms with Crippen molar-refractivity contribution < 1.29 is 0 Å². The van der Waals surface area contributed by atoms with Crippen molar-refractivity contribution in [1.82, 2.24) is 9.88 Å². The average molecular weight is 228 g/mol. The van der Waals surface area contributed by atoms with E-state index < -0.39 is 0 Å². The van der Waals surface area contributed by atoms with Crippen LogP contribution < -0.4 is 5.32 Å². The van der Waals surface area contributed by atoms with Gasteiger partial charge in [0, 0.05) is 18.9 Å². The van der Waals surface area contributed by atoms with Gasteiger partial charge in [-0.05, 0) is 30.7 Å². The molecule has 0 saturated heterocycles. The van der Waals surface area contributed by atoms with Crippen LogP contribution in [0, 0.1) is 0 Å². The maximum Gasteiger partial charge on any atom is 0.0551 e. The smallest absolute Gasteiger partial charge is 0.0551 e. The van der Waals surface area contributed by atoms with Crippen molar-refractivity contribution in [3.8, 4) is 0 Å². The van der Waals surface area contributed by atoms with Gasteiger partial charge in [0.1, 0.15) is 0 Å². The lowest BCUT2D eigenvalue weighted by molar-refractivity contribution is 0.638. The van der Waals surface area contributed by atoms with E-state index in [0.717, 1.165) is 13.1 Å². The Kier molecular flexibility index (Phi) is 3.99. The fourth-order valence-corrected chi connectivity index (χ4v) is 1.98. The van der Waals surface area contributed by atoms with Crippen LogP contribution in [0.25, 0.3) is 0 Å². The van der Waals surface area contributed by atoms with Gasteiger partial charge in [0.25, 0.3) is 0 Å². The largest absolute Gasteiger partial charge is 0.347 e. The first-order valence-corrected chi connectivity index (χ1v) is 6.23. The van der Waals surface area contributed by atoms with E-state index in [1.54, 1.807) is 0 Å². The quantitative estimate of drug-likeness (QED) is 0.831. The Morgan fingerprint density at radius 2 is 1.94 bits per heavy atom. The number of aromatic nitrogens is 1. The first-order chi connectivity index (χ1) is 8.31. The molecule has 1 N–H and O–H groups in total. The molecule has 0 aliphatic carbocycles. The van der Waals surface area contributed by atoms with E-state index in [0.29, 0.717) is 6.04 Å². The van der Waals surface area contributed by atoms with Crippen LogP contribution in [0.4, 0.5) is 0 Å². The van der Waals surface area contributed by atoms with Crippen molar-refractivity contribution in [2.75, 3.05) is 6.54 Å². The molecule has 0 radical (unpaired) electrons. The van der Waals surface area contributed by atoms with Crippen LogP contribution in [-0.4, -0.2) is 11.1 Å². The van der Waals surface area contributed by atoms with Gasteiger partial charge in [-0.25, -0.2) is 0 Å². The molecule has 2 heteroatoms. The molecule has 0 aliphatic heterocycles. The number of hydrogen-bond acceptors (Lipinski definition) is 1. The minimum absolute atomic E-state index is 0.395. The van der Waals surface area contributed by atoms with E-state index in [2.05, 4.69) is 72.5 Å². The monoisotopic (exact) mass is 228 g/mol. The van der Waals surface area contributed by atoms with Gasteiger partial charge >= 0.3 is 0 Å².